The number of rotatable bonds is 5. The molecule has 0 aliphatic rings. The molecule has 0 saturated carbocycles. The molecule has 2 nitrogen and oxygen atoms in total. The SMILES string of the molecule is COc1cccc(CC(C)(C)CBr)c1OC. The van der Waals surface area contributed by atoms with Gasteiger partial charge in [0.1, 0.15) is 0 Å². The molecule has 1 rings (SSSR count). The van der Waals surface area contributed by atoms with Crippen molar-refractivity contribution in [1.29, 1.82) is 0 Å². The second-order valence-electron chi connectivity index (χ2n) is 4.63. The third-order valence-corrected chi connectivity index (χ3v) is 4.03. The van der Waals surface area contributed by atoms with Gasteiger partial charge in [-0.2, -0.15) is 0 Å². The summed E-state index contributed by atoms with van der Waals surface area (Å²) < 4.78 is 10.7. The van der Waals surface area contributed by atoms with Crippen LogP contribution >= 0.6 is 15.9 Å². The third kappa shape index (κ3) is 3.14. The summed E-state index contributed by atoms with van der Waals surface area (Å²) in [6, 6.07) is 6.01. The summed E-state index contributed by atoms with van der Waals surface area (Å²) in [5.74, 6) is 1.64. The van der Waals surface area contributed by atoms with Gasteiger partial charge in [0, 0.05) is 5.33 Å². The lowest BCUT2D eigenvalue weighted by molar-refractivity contribution is 0.343. The fourth-order valence-corrected chi connectivity index (χ4v) is 1.85. The summed E-state index contributed by atoms with van der Waals surface area (Å²) in [4.78, 5) is 0. The minimum absolute atomic E-state index is 0.208. The van der Waals surface area contributed by atoms with E-state index >= 15 is 0 Å². The van der Waals surface area contributed by atoms with E-state index in [0.29, 0.717) is 0 Å². The van der Waals surface area contributed by atoms with Crippen LogP contribution in [0.2, 0.25) is 0 Å². The Hall–Kier alpha value is -0.700. The van der Waals surface area contributed by atoms with Crippen molar-refractivity contribution >= 4 is 15.9 Å². The number of hydrogen-bond donors (Lipinski definition) is 0. The molecule has 0 aliphatic heterocycles. The summed E-state index contributed by atoms with van der Waals surface area (Å²) in [5.41, 5.74) is 1.39. The monoisotopic (exact) mass is 286 g/mol. The van der Waals surface area contributed by atoms with E-state index in [2.05, 4.69) is 35.8 Å². The number of hydrogen-bond acceptors (Lipinski definition) is 2. The normalized spacial score (nSPS) is 11.3. The molecule has 0 fully saturated rings. The fourth-order valence-electron chi connectivity index (χ4n) is 1.66. The molecular formula is C13H19BrO2. The van der Waals surface area contributed by atoms with Crippen LogP contribution in [-0.4, -0.2) is 19.5 Å². The lowest BCUT2D eigenvalue weighted by atomic mass is 9.87. The second kappa shape index (κ2) is 5.58. The van der Waals surface area contributed by atoms with Crippen LogP contribution in [0.1, 0.15) is 19.4 Å². The van der Waals surface area contributed by atoms with E-state index in [4.69, 9.17) is 9.47 Å². The summed E-state index contributed by atoms with van der Waals surface area (Å²) in [7, 11) is 3.35. The van der Waals surface area contributed by atoms with Crippen LogP contribution in [0.3, 0.4) is 0 Å². The van der Waals surface area contributed by atoms with Gasteiger partial charge in [-0.1, -0.05) is 41.9 Å². The average Bonchev–Trinajstić information content (AvgIpc) is 2.28. The number of benzene rings is 1. The highest BCUT2D eigenvalue weighted by molar-refractivity contribution is 9.09. The number of methoxy groups -OCH3 is 2. The quantitative estimate of drug-likeness (QED) is 0.769. The summed E-state index contributed by atoms with van der Waals surface area (Å²) in [6.45, 7) is 4.45. The topological polar surface area (TPSA) is 18.5 Å². The molecule has 1 aromatic carbocycles. The van der Waals surface area contributed by atoms with Crippen LogP contribution in [0.5, 0.6) is 11.5 Å². The van der Waals surface area contributed by atoms with Crippen molar-refractivity contribution < 1.29 is 9.47 Å². The Bertz CT molecular complexity index is 348. The Morgan fingerprint density at radius 2 is 1.88 bits per heavy atom. The minimum atomic E-state index is 0.208. The maximum atomic E-state index is 5.42. The minimum Gasteiger partial charge on any atom is -0.493 e. The van der Waals surface area contributed by atoms with Gasteiger partial charge in [-0.3, -0.25) is 0 Å². The largest absolute Gasteiger partial charge is 0.493 e. The zero-order valence-corrected chi connectivity index (χ0v) is 11.9. The van der Waals surface area contributed by atoms with Crippen molar-refractivity contribution in [1.82, 2.24) is 0 Å². The van der Waals surface area contributed by atoms with Crippen molar-refractivity contribution in [3.05, 3.63) is 23.8 Å². The van der Waals surface area contributed by atoms with Gasteiger partial charge in [-0.15, -0.1) is 0 Å². The molecule has 0 saturated heterocycles. The van der Waals surface area contributed by atoms with Gasteiger partial charge in [-0.05, 0) is 23.5 Å². The third-order valence-electron chi connectivity index (χ3n) is 2.52. The van der Waals surface area contributed by atoms with Gasteiger partial charge in [0.2, 0.25) is 0 Å². The molecule has 0 heterocycles. The molecular weight excluding hydrogens is 268 g/mol. The van der Waals surface area contributed by atoms with Crippen LogP contribution < -0.4 is 9.47 Å². The zero-order valence-electron chi connectivity index (χ0n) is 10.3. The molecule has 0 aliphatic carbocycles. The van der Waals surface area contributed by atoms with Crippen LogP contribution in [-0.2, 0) is 6.42 Å². The standard InChI is InChI=1S/C13H19BrO2/c1-13(2,9-14)8-10-6-5-7-11(15-3)12(10)16-4/h5-7H,8-9H2,1-4H3. The Labute approximate surface area is 106 Å². The highest BCUT2D eigenvalue weighted by Gasteiger charge is 2.20. The molecule has 0 spiro atoms. The predicted octanol–water partition coefficient (Wildman–Crippen LogP) is 3.67. The van der Waals surface area contributed by atoms with E-state index in [0.717, 1.165) is 23.2 Å². The lowest BCUT2D eigenvalue weighted by Crippen LogP contribution is -2.17. The molecule has 0 unspecified atom stereocenters. The number of para-hydroxylation sites is 1. The molecule has 0 radical (unpaired) electrons. The molecule has 3 heteroatoms. The number of ether oxygens (including phenoxy) is 2. The number of halogens is 1. The van der Waals surface area contributed by atoms with E-state index in [-0.39, 0.29) is 5.41 Å². The first-order chi connectivity index (χ1) is 7.54. The first kappa shape index (κ1) is 13.4. The smallest absolute Gasteiger partial charge is 0.163 e. The Morgan fingerprint density at radius 3 is 2.38 bits per heavy atom. The van der Waals surface area contributed by atoms with E-state index in [9.17, 15) is 0 Å². The molecule has 1 aromatic rings. The van der Waals surface area contributed by atoms with Crippen LogP contribution in [0.4, 0.5) is 0 Å². The molecule has 0 amide bonds. The van der Waals surface area contributed by atoms with Crippen LogP contribution in [0.25, 0.3) is 0 Å². The number of alkyl halides is 1. The molecule has 90 valence electrons. The van der Waals surface area contributed by atoms with Crippen LogP contribution in [0.15, 0.2) is 18.2 Å². The Morgan fingerprint density at radius 1 is 1.19 bits per heavy atom. The van der Waals surface area contributed by atoms with E-state index < -0.39 is 0 Å². The van der Waals surface area contributed by atoms with Crippen molar-refractivity contribution in [2.45, 2.75) is 20.3 Å². The van der Waals surface area contributed by atoms with Crippen molar-refractivity contribution in [2.24, 2.45) is 5.41 Å². The van der Waals surface area contributed by atoms with Gasteiger partial charge >= 0.3 is 0 Å². The predicted molar refractivity (Wildman–Crippen MR) is 70.8 cm³/mol. The summed E-state index contributed by atoms with van der Waals surface area (Å²) >= 11 is 3.54. The average molecular weight is 287 g/mol. The Balaban J connectivity index is 3.04. The Kier molecular flexibility index (Phi) is 4.66. The van der Waals surface area contributed by atoms with E-state index in [1.807, 2.05) is 12.1 Å². The molecule has 0 N–H and O–H groups in total. The summed E-state index contributed by atoms with van der Waals surface area (Å²) in [5, 5.41) is 0.959. The van der Waals surface area contributed by atoms with E-state index in [1.54, 1.807) is 14.2 Å². The van der Waals surface area contributed by atoms with Crippen molar-refractivity contribution in [3.8, 4) is 11.5 Å². The van der Waals surface area contributed by atoms with Crippen molar-refractivity contribution in [3.63, 3.8) is 0 Å². The molecule has 0 aromatic heterocycles. The van der Waals surface area contributed by atoms with Crippen LogP contribution in [0, 0.1) is 5.41 Å². The first-order valence-electron chi connectivity index (χ1n) is 5.30. The maximum Gasteiger partial charge on any atom is 0.163 e. The van der Waals surface area contributed by atoms with Crippen molar-refractivity contribution in [2.75, 3.05) is 19.5 Å². The van der Waals surface area contributed by atoms with Gasteiger partial charge in [0.15, 0.2) is 11.5 Å². The zero-order chi connectivity index (χ0) is 12.2. The second-order valence-corrected chi connectivity index (χ2v) is 5.19. The molecule has 0 atom stereocenters. The summed E-state index contributed by atoms with van der Waals surface area (Å²) in [6.07, 6.45) is 0.957. The van der Waals surface area contributed by atoms with Gasteiger partial charge < -0.3 is 9.47 Å². The van der Waals surface area contributed by atoms with Gasteiger partial charge in [0.25, 0.3) is 0 Å². The highest BCUT2D eigenvalue weighted by atomic mass is 79.9. The molecule has 0 bridgehead atoms. The lowest BCUT2D eigenvalue weighted by Gasteiger charge is -2.23. The highest BCUT2D eigenvalue weighted by Crippen LogP contribution is 2.35. The van der Waals surface area contributed by atoms with E-state index in [1.165, 1.54) is 5.56 Å². The molecule has 16 heavy (non-hydrogen) atoms. The van der Waals surface area contributed by atoms with Gasteiger partial charge in [0.05, 0.1) is 14.2 Å². The van der Waals surface area contributed by atoms with Gasteiger partial charge in [-0.25, -0.2) is 0 Å². The first-order valence-corrected chi connectivity index (χ1v) is 6.42. The fraction of sp³-hybridized carbons (Fsp3) is 0.538. The maximum absolute atomic E-state index is 5.42.